The number of pyridine rings is 1. The van der Waals surface area contributed by atoms with Crippen molar-refractivity contribution in [2.45, 2.75) is 38.6 Å². The third-order valence-corrected chi connectivity index (χ3v) is 5.29. The fraction of sp³-hybridized carbons (Fsp3) is 0.455. The number of rotatable bonds is 7. The highest BCUT2D eigenvalue weighted by atomic mass is 16.1. The molecule has 1 amide bonds. The first-order valence-electron chi connectivity index (χ1n) is 9.63. The zero-order valence-corrected chi connectivity index (χ0v) is 15.7. The second-order valence-corrected chi connectivity index (χ2v) is 7.23. The topological polar surface area (TPSA) is 45.2 Å². The van der Waals surface area contributed by atoms with Crippen LogP contribution in [0.3, 0.4) is 0 Å². The Kier molecular flexibility index (Phi) is 6.78. The summed E-state index contributed by atoms with van der Waals surface area (Å²) in [7, 11) is 1.69. The van der Waals surface area contributed by atoms with E-state index in [0.29, 0.717) is 6.42 Å². The molecule has 138 valence electrons. The third kappa shape index (κ3) is 5.67. The van der Waals surface area contributed by atoms with Crippen LogP contribution < -0.4 is 5.32 Å². The molecule has 4 nitrogen and oxygen atoms in total. The van der Waals surface area contributed by atoms with Crippen LogP contribution in [-0.4, -0.2) is 35.9 Å². The first kappa shape index (κ1) is 18.6. The van der Waals surface area contributed by atoms with E-state index in [9.17, 15) is 4.79 Å². The summed E-state index contributed by atoms with van der Waals surface area (Å²) in [6.45, 7) is 3.28. The maximum absolute atomic E-state index is 11.3. The number of nitrogens with one attached hydrogen (secondary N) is 1. The van der Waals surface area contributed by atoms with Crippen LogP contribution in [0.5, 0.6) is 0 Å². The highest BCUT2D eigenvalue weighted by Crippen LogP contribution is 2.23. The highest BCUT2D eigenvalue weighted by Gasteiger charge is 2.19. The quantitative estimate of drug-likeness (QED) is 0.833. The van der Waals surface area contributed by atoms with Crippen molar-refractivity contribution in [3.8, 4) is 0 Å². The van der Waals surface area contributed by atoms with Gasteiger partial charge in [0.25, 0.3) is 0 Å². The van der Waals surface area contributed by atoms with Gasteiger partial charge in [-0.1, -0.05) is 30.3 Å². The normalized spacial score (nSPS) is 15.7. The lowest BCUT2D eigenvalue weighted by Crippen LogP contribution is -2.34. The largest absolute Gasteiger partial charge is 0.359 e. The van der Waals surface area contributed by atoms with Crippen LogP contribution in [0.15, 0.2) is 48.7 Å². The van der Waals surface area contributed by atoms with Crippen LogP contribution in [0.4, 0.5) is 0 Å². The number of hydrogen-bond donors (Lipinski definition) is 1. The van der Waals surface area contributed by atoms with Crippen LogP contribution in [0, 0.1) is 5.92 Å². The monoisotopic (exact) mass is 351 g/mol. The van der Waals surface area contributed by atoms with Crippen LogP contribution in [-0.2, 0) is 24.2 Å². The van der Waals surface area contributed by atoms with Crippen molar-refractivity contribution >= 4 is 5.91 Å². The summed E-state index contributed by atoms with van der Waals surface area (Å²) in [5.74, 6) is 0.873. The number of hydrogen-bond acceptors (Lipinski definition) is 3. The minimum Gasteiger partial charge on any atom is -0.359 e. The van der Waals surface area contributed by atoms with E-state index in [1.54, 1.807) is 7.05 Å². The predicted octanol–water partition coefficient (Wildman–Crippen LogP) is 3.21. The van der Waals surface area contributed by atoms with Gasteiger partial charge < -0.3 is 5.32 Å². The molecule has 0 unspecified atom stereocenters. The van der Waals surface area contributed by atoms with E-state index in [1.165, 1.54) is 29.7 Å². The van der Waals surface area contributed by atoms with Gasteiger partial charge in [-0.2, -0.15) is 0 Å². The lowest BCUT2D eigenvalue weighted by molar-refractivity contribution is -0.120. The summed E-state index contributed by atoms with van der Waals surface area (Å²) in [6, 6.07) is 15.0. The van der Waals surface area contributed by atoms with E-state index in [-0.39, 0.29) is 5.91 Å². The smallest absolute Gasteiger partial charge is 0.220 e. The lowest BCUT2D eigenvalue weighted by Gasteiger charge is -2.31. The molecule has 1 aliphatic heterocycles. The molecule has 1 N–H and O–H groups in total. The van der Waals surface area contributed by atoms with E-state index in [1.807, 2.05) is 12.3 Å². The molecule has 1 aromatic heterocycles. The Bertz CT molecular complexity index is 676. The van der Waals surface area contributed by atoms with Gasteiger partial charge in [0.05, 0.1) is 5.69 Å². The van der Waals surface area contributed by atoms with E-state index in [2.05, 4.69) is 51.6 Å². The van der Waals surface area contributed by atoms with Crippen LogP contribution in [0.1, 0.15) is 36.1 Å². The molecule has 0 radical (unpaired) electrons. The van der Waals surface area contributed by atoms with Crippen molar-refractivity contribution in [3.63, 3.8) is 0 Å². The Labute approximate surface area is 156 Å². The minimum atomic E-state index is 0.103. The number of carbonyl (C=O) groups is 1. The predicted molar refractivity (Wildman–Crippen MR) is 105 cm³/mol. The summed E-state index contributed by atoms with van der Waals surface area (Å²) in [5, 5.41) is 2.67. The van der Waals surface area contributed by atoms with Gasteiger partial charge in [0.2, 0.25) is 5.91 Å². The Morgan fingerprint density at radius 3 is 2.50 bits per heavy atom. The first-order chi connectivity index (χ1) is 12.7. The fourth-order valence-electron chi connectivity index (χ4n) is 3.63. The number of benzene rings is 1. The van der Waals surface area contributed by atoms with Gasteiger partial charge in [-0.05, 0) is 68.0 Å². The molecular weight excluding hydrogens is 322 g/mol. The molecule has 4 heteroatoms. The molecule has 0 aliphatic carbocycles. The average molecular weight is 351 g/mol. The SMILES string of the molecule is CNC(=O)CCc1ccc(CC2CCN(Cc3ccccn3)CC2)cc1. The number of piperidine rings is 1. The molecule has 2 heterocycles. The standard InChI is InChI=1S/C22H29N3O/c1-23-22(26)10-9-18-5-7-19(8-6-18)16-20-11-14-25(15-12-20)17-21-4-2-3-13-24-21/h2-8,13,20H,9-12,14-17H2,1H3,(H,23,26). The Balaban J connectivity index is 1.42. The fourth-order valence-corrected chi connectivity index (χ4v) is 3.63. The van der Waals surface area contributed by atoms with Crippen molar-refractivity contribution in [1.29, 1.82) is 0 Å². The van der Waals surface area contributed by atoms with Crippen molar-refractivity contribution in [3.05, 3.63) is 65.5 Å². The molecule has 26 heavy (non-hydrogen) atoms. The van der Waals surface area contributed by atoms with Crippen molar-refractivity contribution in [2.24, 2.45) is 5.92 Å². The van der Waals surface area contributed by atoms with E-state index in [0.717, 1.165) is 38.4 Å². The van der Waals surface area contributed by atoms with E-state index >= 15 is 0 Å². The number of likely N-dealkylation sites (tertiary alicyclic amines) is 1. The van der Waals surface area contributed by atoms with Gasteiger partial charge in [0.15, 0.2) is 0 Å². The zero-order valence-electron chi connectivity index (χ0n) is 15.7. The number of amides is 1. The van der Waals surface area contributed by atoms with Crippen LogP contribution in [0.25, 0.3) is 0 Å². The van der Waals surface area contributed by atoms with Gasteiger partial charge in [0, 0.05) is 26.2 Å². The molecule has 2 aromatic rings. The average Bonchev–Trinajstić information content (AvgIpc) is 2.69. The third-order valence-electron chi connectivity index (χ3n) is 5.29. The minimum absolute atomic E-state index is 0.103. The number of aryl methyl sites for hydroxylation is 1. The molecule has 0 spiro atoms. The van der Waals surface area contributed by atoms with E-state index < -0.39 is 0 Å². The molecule has 1 aromatic carbocycles. The summed E-state index contributed by atoms with van der Waals surface area (Å²) in [6.07, 6.45) is 6.92. The van der Waals surface area contributed by atoms with Gasteiger partial charge in [-0.15, -0.1) is 0 Å². The van der Waals surface area contributed by atoms with Gasteiger partial charge >= 0.3 is 0 Å². The van der Waals surface area contributed by atoms with Gasteiger partial charge in [-0.25, -0.2) is 0 Å². The molecule has 0 saturated carbocycles. The zero-order chi connectivity index (χ0) is 18.2. The molecule has 0 bridgehead atoms. The number of carbonyl (C=O) groups excluding carboxylic acids is 1. The van der Waals surface area contributed by atoms with Gasteiger partial charge in [0.1, 0.15) is 0 Å². The first-order valence-corrected chi connectivity index (χ1v) is 9.63. The van der Waals surface area contributed by atoms with Crippen molar-refractivity contribution in [1.82, 2.24) is 15.2 Å². The maximum Gasteiger partial charge on any atom is 0.220 e. The van der Waals surface area contributed by atoms with Gasteiger partial charge in [-0.3, -0.25) is 14.7 Å². The summed E-state index contributed by atoms with van der Waals surface area (Å²) in [4.78, 5) is 18.3. The summed E-state index contributed by atoms with van der Waals surface area (Å²) < 4.78 is 0. The van der Waals surface area contributed by atoms with Crippen molar-refractivity contribution in [2.75, 3.05) is 20.1 Å². The maximum atomic E-state index is 11.3. The molecule has 1 fully saturated rings. The molecule has 0 atom stereocenters. The number of nitrogens with zero attached hydrogens (tertiary/aromatic N) is 2. The Hall–Kier alpha value is -2.20. The Morgan fingerprint density at radius 2 is 1.85 bits per heavy atom. The second kappa shape index (κ2) is 9.48. The summed E-state index contributed by atoms with van der Waals surface area (Å²) >= 11 is 0. The van der Waals surface area contributed by atoms with E-state index in [4.69, 9.17) is 0 Å². The lowest BCUT2D eigenvalue weighted by atomic mass is 9.89. The number of aromatic nitrogens is 1. The molecular formula is C22H29N3O. The molecule has 1 aliphatic rings. The van der Waals surface area contributed by atoms with Crippen LogP contribution >= 0.6 is 0 Å². The van der Waals surface area contributed by atoms with Crippen LogP contribution in [0.2, 0.25) is 0 Å². The second-order valence-electron chi connectivity index (χ2n) is 7.23. The summed E-state index contributed by atoms with van der Waals surface area (Å²) in [5.41, 5.74) is 3.82. The Morgan fingerprint density at radius 1 is 1.12 bits per heavy atom. The molecule has 1 saturated heterocycles. The molecule has 3 rings (SSSR count). The highest BCUT2D eigenvalue weighted by molar-refractivity contribution is 5.75. The van der Waals surface area contributed by atoms with Crippen molar-refractivity contribution < 1.29 is 4.79 Å².